The molecular formula is C15H28N2O. The molecule has 1 rings (SSSR count). The maximum Gasteiger partial charge on any atom is 0.233 e. The van der Waals surface area contributed by atoms with Crippen molar-refractivity contribution in [1.29, 1.82) is 0 Å². The van der Waals surface area contributed by atoms with Gasteiger partial charge in [0.05, 0.1) is 0 Å². The van der Waals surface area contributed by atoms with E-state index in [2.05, 4.69) is 32.8 Å². The summed E-state index contributed by atoms with van der Waals surface area (Å²) in [6, 6.07) is 0. The molecule has 1 N–H and O–H groups in total. The van der Waals surface area contributed by atoms with Crippen molar-refractivity contribution in [2.45, 2.75) is 72.8 Å². The minimum absolute atomic E-state index is 0.255. The van der Waals surface area contributed by atoms with Crippen LogP contribution < -0.4 is 0 Å². The first-order valence-electron chi connectivity index (χ1n) is 7.37. The summed E-state index contributed by atoms with van der Waals surface area (Å²) in [5.74, 6) is 0.811. The summed E-state index contributed by atoms with van der Waals surface area (Å²) < 4.78 is 2.03. The molecule has 3 heteroatoms. The lowest BCUT2D eigenvalue weighted by Gasteiger charge is -2.10. The molecule has 0 unspecified atom stereocenters. The van der Waals surface area contributed by atoms with E-state index in [1.807, 2.05) is 4.68 Å². The highest BCUT2D eigenvalue weighted by Gasteiger charge is 2.17. The van der Waals surface area contributed by atoms with E-state index >= 15 is 0 Å². The summed E-state index contributed by atoms with van der Waals surface area (Å²) in [6.45, 7) is 9.69. The van der Waals surface area contributed by atoms with Gasteiger partial charge in [0.1, 0.15) is 0 Å². The van der Waals surface area contributed by atoms with Gasteiger partial charge in [-0.3, -0.25) is 4.68 Å². The topological polar surface area (TPSA) is 38.1 Å². The van der Waals surface area contributed by atoms with Crippen molar-refractivity contribution in [2.75, 3.05) is 0 Å². The van der Waals surface area contributed by atoms with Gasteiger partial charge < -0.3 is 5.11 Å². The van der Waals surface area contributed by atoms with Gasteiger partial charge in [0, 0.05) is 17.8 Å². The van der Waals surface area contributed by atoms with E-state index in [1.165, 1.54) is 18.5 Å². The van der Waals surface area contributed by atoms with E-state index in [1.54, 1.807) is 0 Å². The van der Waals surface area contributed by atoms with E-state index < -0.39 is 0 Å². The molecule has 0 radical (unpaired) electrons. The molecule has 0 saturated heterocycles. The second-order valence-corrected chi connectivity index (χ2v) is 5.53. The summed E-state index contributed by atoms with van der Waals surface area (Å²) in [5.41, 5.74) is 2.34. The average molecular weight is 252 g/mol. The Kier molecular flexibility index (Phi) is 6.23. The summed E-state index contributed by atoms with van der Waals surface area (Å²) in [7, 11) is 0. The lowest BCUT2D eigenvalue weighted by molar-refractivity contribution is 0.427. The van der Waals surface area contributed by atoms with Gasteiger partial charge in [-0.05, 0) is 31.6 Å². The molecular weight excluding hydrogens is 224 g/mol. The summed E-state index contributed by atoms with van der Waals surface area (Å²) in [4.78, 5) is 0. The Hall–Kier alpha value is -0.990. The number of unbranched alkanes of at least 4 members (excludes halogenated alkanes) is 2. The molecule has 0 aliphatic rings. The first kappa shape index (κ1) is 15.1. The lowest BCUT2D eigenvalue weighted by atomic mass is 10.0. The first-order chi connectivity index (χ1) is 8.60. The highest BCUT2D eigenvalue weighted by atomic mass is 16.3. The van der Waals surface area contributed by atoms with E-state index in [0.29, 0.717) is 5.92 Å². The summed E-state index contributed by atoms with van der Waals surface area (Å²) in [5, 5.41) is 14.4. The third-order valence-electron chi connectivity index (χ3n) is 3.25. The molecule has 0 aliphatic heterocycles. The van der Waals surface area contributed by atoms with Crippen LogP contribution in [0.1, 0.15) is 64.6 Å². The first-order valence-corrected chi connectivity index (χ1v) is 7.37. The summed E-state index contributed by atoms with van der Waals surface area (Å²) >= 11 is 0. The van der Waals surface area contributed by atoms with Crippen molar-refractivity contribution in [3.05, 3.63) is 11.3 Å². The van der Waals surface area contributed by atoms with Crippen LogP contribution in [0.5, 0.6) is 5.88 Å². The van der Waals surface area contributed by atoms with E-state index in [0.717, 1.165) is 37.8 Å². The zero-order valence-corrected chi connectivity index (χ0v) is 12.4. The van der Waals surface area contributed by atoms with Crippen LogP contribution in [0, 0.1) is 5.92 Å². The smallest absolute Gasteiger partial charge is 0.233 e. The summed E-state index contributed by atoms with van der Waals surface area (Å²) in [6.07, 6.45) is 6.60. The lowest BCUT2D eigenvalue weighted by Crippen LogP contribution is -2.07. The van der Waals surface area contributed by atoms with Crippen molar-refractivity contribution in [3.8, 4) is 5.88 Å². The zero-order valence-electron chi connectivity index (χ0n) is 12.4. The Morgan fingerprint density at radius 3 is 2.39 bits per heavy atom. The van der Waals surface area contributed by atoms with Gasteiger partial charge in [0.25, 0.3) is 0 Å². The molecule has 3 nitrogen and oxygen atoms in total. The Bertz CT molecular complexity index is 356. The van der Waals surface area contributed by atoms with Crippen LogP contribution in [0.15, 0.2) is 0 Å². The normalized spacial score (nSPS) is 11.4. The fraction of sp³-hybridized carbons (Fsp3) is 0.800. The number of nitrogens with zero attached hydrogens (tertiary/aromatic N) is 2. The van der Waals surface area contributed by atoms with Crippen molar-refractivity contribution in [2.24, 2.45) is 5.92 Å². The van der Waals surface area contributed by atoms with Crippen molar-refractivity contribution in [3.63, 3.8) is 0 Å². The number of rotatable bonds is 8. The van der Waals surface area contributed by atoms with Crippen LogP contribution in [0.4, 0.5) is 0 Å². The molecule has 0 amide bonds. The van der Waals surface area contributed by atoms with Crippen molar-refractivity contribution in [1.82, 2.24) is 9.78 Å². The quantitative estimate of drug-likeness (QED) is 0.761. The number of hydrogen-bond donors (Lipinski definition) is 1. The molecule has 0 aromatic carbocycles. The van der Waals surface area contributed by atoms with E-state index in [4.69, 9.17) is 0 Å². The van der Waals surface area contributed by atoms with Gasteiger partial charge in [-0.15, -0.1) is 5.10 Å². The van der Waals surface area contributed by atoms with Gasteiger partial charge in [-0.25, -0.2) is 0 Å². The largest absolute Gasteiger partial charge is 0.492 e. The Morgan fingerprint density at radius 2 is 1.83 bits per heavy atom. The molecule has 0 aliphatic carbocycles. The molecule has 18 heavy (non-hydrogen) atoms. The molecule has 1 aromatic rings. The van der Waals surface area contributed by atoms with Crippen molar-refractivity contribution < 1.29 is 5.11 Å². The van der Waals surface area contributed by atoms with Crippen LogP contribution in [-0.2, 0) is 19.4 Å². The monoisotopic (exact) mass is 252 g/mol. The Morgan fingerprint density at radius 1 is 1.17 bits per heavy atom. The maximum atomic E-state index is 10.0. The van der Waals surface area contributed by atoms with Gasteiger partial charge >= 0.3 is 0 Å². The second-order valence-electron chi connectivity index (χ2n) is 5.53. The van der Waals surface area contributed by atoms with E-state index in [9.17, 15) is 5.11 Å². The second kappa shape index (κ2) is 7.45. The third-order valence-corrected chi connectivity index (χ3v) is 3.25. The number of aromatic nitrogens is 2. The number of aromatic hydroxyl groups is 1. The zero-order chi connectivity index (χ0) is 13.5. The molecule has 0 saturated carbocycles. The minimum Gasteiger partial charge on any atom is -0.492 e. The van der Waals surface area contributed by atoms with Crippen LogP contribution in [0.25, 0.3) is 0 Å². The van der Waals surface area contributed by atoms with E-state index in [-0.39, 0.29) is 5.88 Å². The van der Waals surface area contributed by atoms with Crippen LogP contribution >= 0.6 is 0 Å². The fourth-order valence-electron chi connectivity index (χ4n) is 2.25. The number of aryl methyl sites for hydroxylation is 1. The van der Waals surface area contributed by atoms with Gasteiger partial charge in [-0.2, -0.15) is 0 Å². The molecule has 1 heterocycles. The maximum absolute atomic E-state index is 10.0. The van der Waals surface area contributed by atoms with Crippen LogP contribution in [0.3, 0.4) is 0 Å². The SMILES string of the molecule is CCCCc1c(CC(C)C)c(O)nn1CCCC. The third kappa shape index (κ3) is 4.04. The minimum atomic E-state index is 0.255. The highest BCUT2D eigenvalue weighted by molar-refractivity contribution is 5.31. The standard InChI is InChI=1S/C15H28N2O/c1-5-7-9-14-13(11-12(3)4)15(18)16-17(14)10-8-6-2/h12H,5-11H2,1-4H3,(H,16,18). The van der Waals surface area contributed by atoms with Gasteiger partial charge in [-0.1, -0.05) is 40.5 Å². The number of hydrogen-bond acceptors (Lipinski definition) is 2. The molecule has 0 fully saturated rings. The molecule has 0 atom stereocenters. The van der Waals surface area contributed by atoms with Gasteiger partial charge in [0.2, 0.25) is 5.88 Å². The Labute approximate surface area is 111 Å². The molecule has 104 valence electrons. The fourth-order valence-corrected chi connectivity index (χ4v) is 2.25. The molecule has 1 aromatic heterocycles. The Balaban J connectivity index is 2.94. The average Bonchev–Trinajstić information content (AvgIpc) is 2.60. The highest BCUT2D eigenvalue weighted by Crippen LogP contribution is 2.25. The van der Waals surface area contributed by atoms with Gasteiger partial charge in [0.15, 0.2) is 0 Å². The van der Waals surface area contributed by atoms with Crippen LogP contribution in [0.2, 0.25) is 0 Å². The molecule has 0 bridgehead atoms. The van der Waals surface area contributed by atoms with Crippen molar-refractivity contribution >= 4 is 0 Å². The predicted molar refractivity (Wildman–Crippen MR) is 76.0 cm³/mol. The predicted octanol–water partition coefficient (Wildman–Crippen LogP) is 3.93. The molecule has 0 spiro atoms. The van der Waals surface area contributed by atoms with Crippen LogP contribution in [-0.4, -0.2) is 14.9 Å².